The first-order valence-electron chi connectivity index (χ1n) is 6.26. The minimum absolute atomic E-state index is 0.194. The topological polar surface area (TPSA) is 47.9 Å². The predicted octanol–water partition coefficient (Wildman–Crippen LogP) is 2.84. The highest BCUT2D eigenvalue weighted by Crippen LogP contribution is 2.43. The molecule has 1 heterocycles. The van der Waals surface area contributed by atoms with E-state index in [1.807, 2.05) is 39.0 Å². The summed E-state index contributed by atoms with van der Waals surface area (Å²) in [6.45, 7) is 6.17. The normalized spacial score (nSPS) is 15.8. The highest BCUT2D eigenvalue weighted by atomic mass is 16.7. The highest BCUT2D eigenvalue weighted by molar-refractivity contribution is 5.67. The van der Waals surface area contributed by atoms with Crippen LogP contribution in [-0.2, 0) is 0 Å². The fourth-order valence-corrected chi connectivity index (χ4v) is 1.79. The number of rotatable bonds is 3. The lowest BCUT2D eigenvalue weighted by molar-refractivity contribution is 0.106. The van der Waals surface area contributed by atoms with Gasteiger partial charge in [-0.15, -0.1) is 0 Å². The van der Waals surface area contributed by atoms with Crippen LogP contribution in [0.25, 0.3) is 6.08 Å². The van der Waals surface area contributed by atoms with E-state index in [9.17, 15) is 5.11 Å². The molecule has 0 fully saturated rings. The fraction of sp³-hybridized carbons (Fsp3) is 0.467. The van der Waals surface area contributed by atoms with Crippen molar-refractivity contribution in [2.24, 2.45) is 5.41 Å². The first-order valence-corrected chi connectivity index (χ1v) is 6.26. The van der Waals surface area contributed by atoms with Crippen molar-refractivity contribution in [1.82, 2.24) is 0 Å². The maximum absolute atomic E-state index is 10.0. The number of benzene rings is 1. The van der Waals surface area contributed by atoms with Crippen LogP contribution in [0, 0.1) is 5.41 Å². The van der Waals surface area contributed by atoms with E-state index in [1.54, 1.807) is 13.2 Å². The predicted molar refractivity (Wildman–Crippen MR) is 73.6 cm³/mol. The summed E-state index contributed by atoms with van der Waals surface area (Å²) < 4.78 is 16.1. The van der Waals surface area contributed by atoms with E-state index < -0.39 is 6.10 Å². The Balaban J connectivity index is 2.29. The van der Waals surface area contributed by atoms with E-state index >= 15 is 0 Å². The van der Waals surface area contributed by atoms with Gasteiger partial charge in [0.2, 0.25) is 12.5 Å². The quantitative estimate of drug-likeness (QED) is 0.912. The molecule has 1 aromatic carbocycles. The molecular formula is C15H20O4. The first kappa shape index (κ1) is 13.7. The third-order valence-corrected chi connectivity index (χ3v) is 3.07. The molecule has 1 aliphatic rings. The Morgan fingerprint density at radius 1 is 1.32 bits per heavy atom. The molecule has 0 radical (unpaired) electrons. The Hall–Kier alpha value is -1.68. The lowest BCUT2D eigenvalue weighted by Gasteiger charge is -2.22. The average Bonchev–Trinajstić information content (AvgIpc) is 2.82. The molecule has 0 saturated heterocycles. The second-order valence-electron chi connectivity index (χ2n) is 5.59. The summed E-state index contributed by atoms with van der Waals surface area (Å²) in [6, 6.07) is 3.73. The molecule has 4 nitrogen and oxygen atoms in total. The maximum Gasteiger partial charge on any atom is 0.231 e. The smallest absolute Gasteiger partial charge is 0.231 e. The van der Waals surface area contributed by atoms with Crippen LogP contribution in [0.5, 0.6) is 17.2 Å². The summed E-state index contributed by atoms with van der Waals surface area (Å²) in [6.07, 6.45) is 3.08. The minimum atomic E-state index is -0.525. The fourth-order valence-electron chi connectivity index (χ4n) is 1.79. The van der Waals surface area contributed by atoms with Gasteiger partial charge in [-0.05, 0) is 17.5 Å². The SMILES string of the molecule is COc1c(/C=C/C(O)C(C)(C)C)ccc2c1OCO2. The second kappa shape index (κ2) is 5.13. The van der Waals surface area contributed by atoms with E-state index in [0.717, 1.165) is 5.56 Å². The van der Waals surface area contributed by atoms with Crippen molar-refractivity contribution in [3.63, 3.8) is 0 Å². The third-order valence-electron chi connectivity index (χ3n) is 3.07. The molecule has 2 rings (SSSR count). The van der Waals surface area contributed by atoms with E-state index in [2.05, 4.69) is 0 Å². The van der Waals surface area contributed by atoms with Gasteiger partial charge in [-0.25, -0.2) is 0 Å². The van der Waals surface area contributed by atoms with E-state index in [0.29, 0.717) is 17.2 Å². The van der Waals surface area contributed by atoms with Crippen LogP contribution in [-0.4, -0.2) is 25.1 Å². The zero-order valence-electron chi connectivity index (χ0n) is 11.8. The minimum Gasteiger partial charge on any atom is -0.492 e. The van der Waals surface area contributed by atoms with E-state index in [1.165, 1.54) is 0 Å². The molecule has 1 unspecified atom stereocenters. The van der Waals surface area contributed by atoms with Gasteiger partial charge in [0.05, 0.1) is 13.2 Å². The summed E-state index contributed by atoms with van der Waals surface area (Å²) in [5.74, 6) is 1.94. The summed E-state index contributed by atoms with van der Waals surface area (Å²) in [7, 11) is 1.59. The van der Waals surface area contributed by atoms with Gasteiger partial charge in [0.1, 0.15) is 0 Å². The molecule has 19 heavy (non-hydrogen) atoms. The van der Waals surface area contributed by atoms with Crippen molar-refractivity contribution in [3.05, 3.63) is 23.8 Å². The van der Waals surface area contributed by atoms with Crippen LogP contribution in [0.1, 0.15) is 26.3 Å². The van der Waals surface area contributed by atoms with Crippen molar-refractivity contribution in [3.8, 4) is 17.2 Å². The Bertz CT molecular complexity index is 486. The van der Waals surface area contributed by atoms with Gasteiger partial charge in [-0.2, -0.15) is 0 Å². The lowest BCUT2D eigenvalue weighted by atomic mass is 9.88. The van der Waals surface area contributed by atoms with Crippen molar-refractivity contribution >= 4 is 6.08 Å². The first-order chi connectivity index (χ1) is 8.93. The number of ether oxygens (including phenoxy) is 3. The van der Waals surface area contributed by atoms with Gasteiger partial charge in [-0.1, -0.05) is 32.9 Å². The molecule has 4 heteroatoms. The largest absolute Gasteiger partial charge is 0.492 e. The van der Waals surface area contributed by atoms with Crippen LogP contribution < -0.4 is 14.2 Å². The number of methoxy groups -OCH3 is 1. The van der Waals surface area contributed by atoms with Crippen LogP contribution in [0.4, 0.5) is 0 Å². The lowest BCUT2D eigenvalue weighted by Crippen LogP contribution is -2.23. The monoisotopic (exact) mass is 264 g/mol. The van der Waals surface area contributed by atoms with Crippen LogP contribution in [0.2, 0.25) is 0 Å². The Kier molecular flexibility index (Phi) is 3.71. The number of aliphatic hydroxyl groups excluding tert-OH is 1. The molecular weight excluding hydrogens is 244 g/mol. The average molecular weight is 264 g/mol. The summed E-state index contributed by atoms with van der Waals surface area (Å²) >= 11 is 0. The van der Waals surface area contributed by atoms with Gasteiger partial charge >= 0.3 is 0 Å². The summed E-state index contributed by atoms with van der Waals surface area (Å²) in [5, 5.41) is 10.0. The Morgan fingerprint density at radius 3 is 2.68 bits per heavy atom. The zero-order valence-corrected chi connectivity index (χ0v) is 11.8. The van der Waals surface area contributed by atoms with Crippen LogP contribution in [0.15, 0.2) is 18.2 Å². The second-order valence-corrected chi connectivity index (χ2v) is 5.59. The van der Waals surface area contributed by atoms with Crippen LogP contribution in [0.3, 0.4) is 0 Å². The van der Waals surface area contributed by atoms with Gasteiger partial charge < -0.3 is 19.3 Å². The maximum atomic E-state index is 10.0. The van der Waals surface area contributed by atoms with Crippen molar-refractivity contribution < 1.29 is 19.3 Å². The zero-order chi connectivity index (χ0) is 14.0. The van der Waals surface area contributed by atoms with Crippen molar-refractivity contribution in [2.75, 3.05) is 13.9 Å². The Labute approximate surface area is 113 Å². The molecule has 1 N–H and O–H groups in total. The molecule has 0 saturated carbocycles. The van der Waals surface area contributed by atoms with Crippen LogP contribution >= 0.6 is 0 Å². The number of hydrogen-bond acceptors (Lipinski definition) is 4. The van der Waals surface area contributed by atoms with E-state index in [-0.39, 0.29) is 12.2 Å². The summed E-state index contributed by atoms with van der Waals surface area (Å²) in [5.41, 5.74) is 0.662. The van der Waals surface area contributed by atoms with Crippen molar-refractivity contribution in [2.45, 2.75) is 26.9 Å². The van der Waals surface area contributed by atoms with E-state index in [4.69, 9.17) is 14.2 Å². The highest BCUT2D eigenvalue weighted by Gasteiger charge is 2.22. The van der Waals surface area contributed by atoms with Gasteiger partial charge in [0.25, 0.3) is 0 Å². The standard InChI is InChI=1S/C15H20O4/c1-15(2,3)12(16)8-6-10-5-7-11-14(13(10)17-4)19-9-18-11/h5-8,12,16H,9H2,1-4H3/b8-6+. The summed E-state index contributed by atoms with van der Waals surface area (Å²) in [4.78, 5) is 0. The molecule has 0 aliphatic carbocycles. The van der Waals surface area contributed by atoms with Gasteiger partial charge in [0, 0.05) is 5.56 Å². The Morgan fingerprint density at radius 2 is 2.05 bits per heavy atom. The molecule has 0 spiro atoms. The molecule has 0 amide bonds. The van der Waals surface area contributed by atoms with Gasteiger partial charge in [-0.3, -0.25) is 0 Å². The number of fused-ring (bicyclic) bond motifs is 1. The molecule has 1 aromatic rings. The number of aliphatic hydroxyl groups is 1. The van der Waals surface area contributed by atoms with Gasteiger partial charge in [0.15, 0.2) is 11.5 Å². The molecule has 104 valence electrons. The molecule has 1 aliphatic heterocycles. The molecule has 1 atom stereocenters. The molecule has 0 bridgehead atoms. The third kappa shape index (κ3) is 2.84. The molecule has 0 aromatic heterocycles. The number of hydrogen-bond donors (Lipinski definition) is 1. The van der Waals surface area contributed by atoms with Crippen molar-refractivity contribution in [1.29, 1.82) is 0 Å².